The van der Waals surface area contributed by atoms with Crippen LogP contribution in [0.15, 0.2) is 85.3 Å². The van der Waals surface area contributed by atoms with Gasteiger partial charge >= 0.3 is 0 Å². The number of aromatic nitrogens is 3. The summed E-state index contributed by atoms with van der Waals surface area (Å²) in [6.07, 6.45) is 6.76. The van der Waals surface area contributed by atoms with Crippen molar-refractivity contribution in [3.05, 3.63) is 108 Å². The monoisotopic (exact) mass is 518 g/mol. The molecule has 0 spiro atoms. The van der Waals surface area contributed by atoms with Crippen LogP contribution in [-0.2, 0) is 16.6 Å². The van der Waals surface area contributed by atoms with Gasteiger partial charge in [-0.15, -0.1) is 0 Å². The average molecular weight is 519 g/mol. The molecule has 4 heterocycles. The molecule has 0 amide bonds. The molecule has 0 bridgehead atoms. The Hall–Kier alpha value is -3.76. The lowest BCUT2D eigenvalue weighted by molar-refractivity contribution is 0.532. The van der Waals surface area contributed by atoms with Crippen LogP contribution in [0, 0.1) is 6.92 Å². The Balaban J connectivity index is 1.58. The summed E-state index contributed by atoms with van der Waals surface area (Å²) in [6.45, 7) is 2.49. The molecule has 0 radical (unpaired) electrons. The maximum Gasteiger partial charge on any atom is 0.229 e. The van der Waals surface area contributed by atoms with Crippen molar-refractivity contribution >= 4 is 38.7 Å². The van der Waals surface area contributed by atoms with Gasteiger partial charge in [0.05, 0.1) is 35.9 Å². The van der Waals surface area contributed by atoms with Crippen molar-refractivity contribution in [2.24, 2.45) is 0 Å². The second-order valence-electron chi connectivity index (χ2n) is 8.75. The lowest BCUT2D eigenvalue weighted by atomic mass is 10.0. The van der Waals surface area contributed by atoms with Crippen LogP contribution in [0.4, 0.5) is 11.4 Å². The first-order valence-electron chi connectivity index (χ1n) is 11.4. The van der Waals surface area contributed by atoms with Crippen LogP contribution in [0.2, 0.25) is 0 Å². The maximum atomic E-state index is 11.8. The third kappa shape index (κ3) is 4.95. The largest absolute Gasteiger partial charge is 0.351 e. The van der Waals surface area contributed by atoms with Gasteiger partial charge < -0.3 is 14.8 Å². The van der Waals surface area contributed by atoms with Gasteiger partial charge in [0.25, 0.3) is 0 Å². The molecule has 1 aliphatic heterocycles. The van der Waals surface area contributed by atoms with Crippen LogP contribution in [0.25, 0.3) is 0 Å². The number of pyridine rings is 2. The highest BCUT2D eigenvalue weighted by molar-refractivity contribution is 7.92. The number of anilines is 2. The van der Waals surface area contributed by atoms with Gasteiger partial charge in [-0.2, -0.15) is 0 Å². The molecule has 36 heavy (non-hydrogen) atoms. The van der Waals surface area contributed by atoms with Crippen molar-refractivity contribution in [1.29, 1.82) is 0 Å². The molecular weight excluding hydrogens is 492 g/mol. The number of hydrogen-bond acceptors (Lipinski definition) is 5. The lowest BCUT2D eigenvalue weighted by Gasteiger charge is -2.29. The zero-order valence-electron chi connectivity index (χ0n) is 19.9. The predicted octanol–water partition coefficient (Wildman–Crippen LogP) is 4.18. The highest BCUT2D eigenvalue weighted by Gasteiger charge is 2.42. The summed E-state index contributed by atoms with van der Waals surface area (Å²) < 4.78 is 28.3. The van der Waals surface area contributed by atoms with Crippen LogP contribution in [-0.4, -0.2) is 34.3 Å². The van der Waals surface area contributed by atoms with E-state index in [1.165, 1.54) is 0 Å². The Kier molecular flexibility index (Phi) is 6.46. The van der Waals surface area contributed by atoms with Crippen molar-refractivity contribution < 1.29 is 8.42 Å². The maximum absolute atomic E-state index is 11.8. The summed E-state index contributed by atoms with van der Waals surface area (Å²) >= 11 is 5.84. The van der Waals surface area contributed by atoms with E-state index in [-0.39, 0.29) is 12.1 Å². The molecule has 1 fully saturated rings. The number of sulfonamides is 1. The van der Waals surface area contributed by atoms with Gasteiger partial charge in [0, 0.05) is 30.0 Å². The van der Waals surface area contributed by atoms with Crippen molar-refractivity contribution in [1.82, 2.24) is 19.9 Å². The second-order valence-corrected chi connectivity index (χ2v) is 10.9. The first kappa shape index (κ1) is 24.0. The van der Waals surface area contributed by atoms with Crippen LogP contribution >= 0.6 is 12.2 Å². The van der Waals surface area contributed by atoms with E-state index in [0.717, 1.165) is 34.6 Å². The molecule has 2 atom stereocenters. The van der Waals surface area contributed by atoms with E-state index in [9.17, 15) is 8.42 Å². The standard InChI is InChI=1S/C26H26N6O2S2/c1-18-16-20(11-12-21(18)30-36(2,33)34)32-25(24(29-26(32)35)22-9-4-6-14-28-22)23-10-7-15-31(23)17-19-8-3-5-13-27-19/h3-16,24-25,30H,17H2,1-2H3,(H,29,35)/t24-,25-/m1/s1. The number of aryl methyl sites for hydroxylation is 1. The molecule has 4 aromatic rings. The SMILES string of the molecule is Cc1cc(N2C(=S)N[C@H](c3ccccn3)[C@H]2c2cccn2Cc2ccccn2)ccc1NS(C)(=O)=O. The minimum Gasteiger partial charge on any atom is -0.351 e. The summed E-state index contributed by atoms with van der Waals surface area (Å²) in [5.74, 6) is 0. The Morgan fingerprint density at radius 3 is 2.47 bits per heavy atom. The average Bonchev–Trinajstić information content (AvgIpc) is 3.44. The fourth-order valence-corrected chi connectivity index (χ4v) is 5.53. The van der Waals surface area contributed by atoms with Gasteiger partial charge in [-0.05, 0) is 79.3 Å². The molecule has 184 valence electrons. The van der Waals surface area contributed by atoms with Crippen LogP contribution in [0.1, 0.15) is 34.7 Å². The highest BCUT2D eigenvalue weighted by atomic mass is 32.2. The Bertz CT molecular complexity index is 1490. The molecule has 1 saturated heterocycles. The van der Waals surface area contributed by atoms with Crippen molar-refractivity contribution in [2.45, 2.75) is 25.6 Å². The summed E-state index contributed by atoms with van der Waals surface area (Å²) in [4.78, 5) is 11.2. The summed E-state index contributed by atoms with van der Waals surface area (Å²) in [5.41, 5.74) is 5.08. The summed E-state index contributed by atoms with van der Waals surface area (Å²) in [5, 5.41) is 4.05. The number of hydrogen-bond donors (Lipinski definition) is 2. The van der Waals surface area contributed by atoms with Gasteiger partial charge in [-0.1, -0.05) is 12.1 Å². The first-order chi connectivity index (χ1) is 17.3. The van der Waals surface area contributed by atoms with E-state index in [2.05, 4.69) is 35.5 Å². The Morgan fingerprint density at radius 1 is 1.03 bits per heavy atom. The highest BCUT2D eigenvalue weighted by Crippen LogP contribution is 2.42. The number of rotatable bonds is 7. The zero-order chi connectivity index (χ0) is 25.3. The van der Waals surface area contributed by atoms with E-state index in [1.54, 1.807) is 18.5 Å². The quantitative estimate of drug-likeness (QED) is 0.355. The third-order valence-corrected chi connectivity index (χ3v) is 7.01. The first-order valence-corrected chi connectivity index (χ1v) is 13.7. The minimum absolute atomic E-state index is 0.190. The van der Waals surface area contributed by atoms with Gasteiger partial charge in [-0.3, -0.25) is 14.7 Å². The Morgan fingerprint density at radius 2 is 1.81 bits per heavy atom. The fraction of sp³-hybridized carbons (Fsp3) is 0.192. The normalized spacial score (nSPS) is 17.7. The van der Waals surface area contributed by atoms with E-state index < -0.39 is 10.0 Å². The lowest BCUT2D eigenvalue weighted by Crippen LogP contribution is -2.30. The molecule has 5 rings (SSSR count). The molecule has 1 aliphatic rings. The predicted molar refractivity (Wildman–Crippen MR) is 145 cm³/mol. The van der Waals surface area contributed by atoms with Crippen LogP contribution in [0.5, 0.6) is 0 Å². The molecular formula is C26H26N6O2S2. The molecule has 10 heteroatoms. The van der Waals surface area contributed by atoms with Crippen molar-refractivity contribution in [2.75, 3.05) is 15.9 Å². The van der Waals surface area contributed by atoms with E-state index in [4.69, 9.17) is 12.2 Å². The molecule has 3 aromatic heterocycles. The number of nitrogens with one attached hydrogen (secondary N) is 2. The van der Waals surface area contributed by atoms with E-state index in [1.807, 2.05) is 67.7 Å². The number of thiocarbonyl (C=S) groups is 1. The molecule has 0 unspecified atom stereocenters. The topological polar surface area (TPSA) is 92.2 Å². The molecule has 0 aliphatic carbocycles. The van der Waals surface area contributed by atoms with Crippen molar-refractivity contribution in [3.63, 3.8) is 0 Å². The van der Waals surface area contributed by atoms with E-state index in [0.29, 0.717) is 17.3 Å². The fourth-order valence-electron chi connectivity index (χ4n) is 4.55. The summed E-state index contributed by atoms with van der Waals surface area (Å²) in [7, 11) is -3.39. The van der Waals surface area contributed by atoms with E-state index >= 15 is 0 Å². The molecule has 0 saturated carbocycles. The minimum atomic E-state index is -3.39. The van der Waals surface area contributed by atoms with Gasteiger partial charge in [0.2, 0.25) is 10.0 Å². The molecule has 1 aromatic carbocycles. The summed E-state index contributed by atoms with van der Waals surface area (Å²) in [6, 6.07) is 21.1. The zero-order valence-corrected chi connectivity index (χ0v) is 21.5. The van der Waals surface area contributed by atoms with Crippen LogP contribution in [0.3, 0.4) is 0 Å². The molecule has 2 N–H and O–H groups in total. The molecule has 8 nitrogen and oxygen atoms in total. The number of nitrogens with zero attached hydrogens (tertiary/aromatic N) is 4. The smallest absolute Gasteiger partial charge is 0.229 e. The Labute approximate surface area is 216 Å². The van der Waals surface area contributed by atoms with Gasteiger partial charge in [0.15, 0.2) is 5.11 Å². The number of benzene rings is 1. The van der Waals surface area contributed by atoms with Crippen molar-refractivity contribution in [3.8, 4) is 0 Å². The van der Waals surface area contributed by atoms with Gasteiger partial charge in [0.1, 0.15) is 6.04 Å². The third-order valence-electron chi connectivity index (χ3n) is 6.11. The van der Waals surface area contributed by atoms with Gasteiger partial charge in [-0.25, -0.2) is 8.42 Å². The van der Waals surface area contributed by atoms with Crippen LogP contribution < -0.4 is 14.9 Å². The second kappa shape index (κ2) is 9.71.